The van der Waals surface area contributed by atoms with Crippen LogP contribution in [0.25, 0.3) is 5.69 Å². The molecule has 3 aromatic rings. The van der Waals surface area contributed by atoms with E-state index in [-0.39, 0.29) is 24.1 Å². The molecule has 0 atom stereocenters. The van der Waals surface area contributed by atoms with E-state index < -0.39 is 17.6 Å². The number of ether oxygens (including phenoxy) is 1. The third-order valence-corrected chi connectivity index (χ3v) is 5.29. The SMILES string of the molecule is CCNC(=O)COc1ccc(NC(=O)c2cnn(-c3cccc(C(F)(F)F)c3)c2C2CC2)cc1. The van der Waals surface area contributed by atoms with Crippen LogP contribution in [0, 0.1) is 0 Å². The highest BCUT2D eigenvalue weighted by Gasteiger charge is 2.34. The highest BCUT2D eigenvalue weighted by Crippen LogP contribution is 2.43. The fourth-order valence-corrected chi connectivity index (χ4v) is 3.53. The number of likely N-dealkylation sites (N-methyl/N-ethyl adjacent to an activating group) is 1. The quantitative estimate of drug-likeness (QED) is 0.504. The van der Waals surface area contributed by atoms with Crippen molar-refractivity contribution in [3.05, 3.63) is 71.5 Å². The number of alkyl halides is 3. The number of rotatable bonds is 8. The van der Waals surface area contributed by atoms with Crippen LogP contribution < -0.4 is 15.4 Å². The van der Waals surface area contributed by atoms with Gasteiger partial charge in [-0.25, -0.2) is 4.68 Å². The molecule has 1 aliphatic rings. The first-order valence-corrected chi connectivity index (χ1v) is 10.8. The third-order valence-electron chi connectivity index (χ3n) is 5.29. The van der Waals surface area contributed by atoms with Crippen molar-refractivity contribution in [2.24, 2.45) is 0 Å². The normalized spacial score (nSPS) is 13.4. The molecular weight excluding hydrogens is 449 g/mol. The fraction of sp³-hybridized carbons (Fsp3) is 0.292. The standard InChI is InChI=1S/C24H23F3N4O3/c1-2-28-21(32)14-34-19-10-8-17(9-11-19)30-23(33)20-13-29-31(22(20)15-6-7-15)18-5-3-4-16(12-18)24(25,26)27/h3-5,8-13,15H,2,6-7,14H2,1H3,(H,28,32)(H,30,33). The molecule has 2 aromatic carbocycles. The van der Waals surface area contributed by atoms with Gasteiger partial charge >= 0.3 is 6.18 Å². The topological polar surface area (TPSA) is 85.2 Å². The lowest BCUT2D eigenvalue weighted by Gasteiger charge is -2.12. The van der Waals surface area contributed by atoms with E-state index in [0.717, 1.165) is 25.0 Å². The first-order valence-electron chi connectivity index (χ1n) is 10.8. The van der Waals surface area contributed by atoms with Crippen LogP contribution in [0.2, 0.25) is 0 Å². The molecule has 0 bridgehead atoms. The van der Waals surface area contributed by atoms with E-state index in [0.29, 0.717) is 29.2 Å². The van der Waals surface area contributed by atoms with Gasteiger partial charge in [-0.05, 0) is 62.2 Å². The number of halogens is 3. The van der Waals surface area contributed by atoms with Gasteiger partial charge in [0.1, 0.15) is 5.75 Å². The number of carbonyl (C=O) groups is 2. The average Bonchev–Trinajstić information content (AvgIpc) is 3.55. The van der Waals surface area contributed by atoms with Crippen LogP contribution >= 0.6 is 0 Å². The monoisotopic (exact) mass is 472 g/mol. The number of nitrogens with one attached hydrogen (secondary N) is 2. The Kier molecular flexibility index (Phi) is 6.58. The maximum atomic E-state index is 13.2. The molecule has 178 valence electrons. The molecule has 4 rings (SSSR count). The molecule has 1 heterocycles. The van der Waals surface area contributed by atoms with Gasteiger partial charge in [-0.3, -0.25) is 9.59 Å². The van der Waals surface area contributed by atoms with E-state index in [1.54, 1.807) is 24.3 Å². The zero-order valence-corrected chi connectivity index (χ0v) is 18.4. The van der Waals surface area contributed by atoms with E-state index in [1.807, 2.05) is 6.92 Å². The molecule has 10 heteroatoms. The first kappa shape index (κ1) is 23.3. The van der Waals surface area contributed by atoms with E-state index in [9.17, 15) is 22.8 Å². The van der Waals surface area contributed by atoms with Gasteiger partial charge in [0.05, 0.1) is 28.7 Å². The molecule has 0 spiro atoms. The van der Waals surface area contributed by atoms with Gasteiger partial charge in [0.2, 0.25) is 0 Å². The van der Waals surface area contributed by atoms with Crippen molar-refractivity contribution in [3.8, 4) is 11.4 Å². The molecular formula is C24H23F3N4O3. The van der Waals surface area contributed by atoms with Crippen LogP contribution in [-0.2, 0) is 11.0 Å². The fourth-order valence-electron chi connectivity index (χ4n) is 3.53. The van der Waals surface area contributed by atoms with Gasteiger partial charge in [0, 0.05) is 18.2 Å². The van der Waals surface area contributed by atoms with Crippen molar-refractivity contribution in [1.82, 2.24) is 15.1 Å². The van der Waals surface area contributed by atoms with Crippen LogP contribution in [0.4, 0.5) is 18.9 Å². The number of benzene rings is 2. The van der Waals surface area contributed by atoms with E-state index >= 15 is 0 Å². The maximum Gasteiger partial charge on any atom is 0.416 e. The zero-order chi connectivity index (χ0) is 24.3. The summed E-state index contributed by atoms with van der Waals surface area (Å²) < 4.78 is 46.3. The Labute approximate surface area is 193 Å². The van der Waals surface area contributed by atoms with Crippen molar-refractivity contribution >= 4 is 17.5 Å². The lowest BCUT2D eigenvalue weighted by atomic mass is 10.1. The molecule has 0 aliphatic heterocycles. The molecule has 2 N–H and O–H groups in total. The average molecular weight is 472 g/mol. The number of amides is 2. The summed E-state index contributed by atoms with van der Waals surface area (Å²) in [4.78, 5) is 24.5. The highest BCUT2D eigenvalue weighted by molar-refractivity contribution is 6.05. The van der Waals surface area contributed by atoms with Crippen molar-refractivity contribution in [2.45, 2.75) is 31.9 Å². The van der Waals surface area contributed by atoms with Crippen molar-refractivity contribution in [1.29, 1.82) is 0 Å². The van der Waals surface area contributed by atoms with Gasteiger partial charge < -0.3 is 15.4 Å². The number of hydrogen-bond donors (Lipinski definition) is 2. The summed E-state index contributed by atoms with van der Waals surface area (Å²) in [7, 11) is 0. The van der Waals surface area contributed by atoms with Crippen LogP contribution in [0.3, 0.4) is 0 Å². The Hall–Kier alpha value is -3.82. The van der Waals surface area contributed by atoms with Crippen LogP contribution in [-0.4, -0.2) is 34.7 Å². The minimum Gasteiger partial charge on any atom is -0.484 e. The number of carbonyl (C=O) groups excluding carboxylic acids is 2. The summed E-state index contributed by atoms with van der Waals surface area (Å²) in [6.07, 6.45) is -1.42. The van der Waals surface area contributed by atoms with Crippen LogP contribution in [0.15, 0.2) is 54.7 Å². The van der Waals surface area contributed by atoms with Gasteiger partial charge in [0.15, 0.2) is 6.61 Å². The predicted molar refractivity (Wildman–Crippen MR) is 119 cm³/mol. The molecule has 0 radical (unpaired) electrons. The minimum atomic E-state index is -4.47. The minimum absolute atomic E-state index is 0.0582. The Bertz CT molecular complexity index is 1180. The summed E-state index contributed by atoms with van der Waals surface area (Å²) in [5.74, 6) is -0.107. The Morgan fingerprint density at radius 3 is 2.53 bits per heavy atom. The van der Waals surface area contributed by atoms with Gasteiger partial charge in [-0.1, -0.05) is 6.07 Å². The maximum absolute atomic E-state index is 13.2. The number of hydrogen-bond acceptors (Lipinski definition) is 4. The molecule has 0 unspecified atom stereocenters. The smallest absolute Gasteiger partial charge is 0.416 e. The predicted octanol–water partition coefficient (Wildman–Crippen LogP) is 4.54. The number of anilines is 1. The van der Waals surface area contributed by atoms with Crippen LogP contribution in [0.1, 0.15) is 47.3 Å². The van der Waals surface area contributed by atoms with Gasteiger partial charge in [0.25, 0.3) is 11.8 Å². The summed E-state index contributed by atoms with van der Waals surface area (Å²) in [5.41, 5.74) is 0.895. The molecule has 1 fully saturated rings. The Morgan fingerprint density at radius 2 is 1.88 bits per heavy atom. The molecule has 2 amide bonds. The second-order valence-electron chi connectivity index (χ2n) is 7.90. The Morgan fingerprint density at radius 1 is 1.15 bits per heavy atom. The lowest BCUT2D eigenvalue weighted by Crippen LogP contribution is -2.28. The summed E-state index contributed by atoms with van der Waals surface area (Å²) in [5, 5.41) is 9.65. The second kappa shape index (κ2) is 9.58. The number of aromatic nitrogens is 2. The first-order chi connectivity index (χ1) is 16.3. The summed E-state index contributed by atoms with van der Waals surface area (Å²) >= 11 is 0. The second-order valence-corrected chi connectivity index (χ2v) is 7.90. The number of nitrogens with zero attached hydrogens (tertiary/aromatic N) is 2. The highest BCUT2D eigenvalue weighted by atomic mass is 19.4. The molecule has 1 aliphatic carbocycles. The van der Waals surface area contributed by atoms with E-state index in [4.69, 9.17) is 4.74 Å². The Balaban J connectivity index is 1.50. The third kappa shape index (κ3) is 5.38. The van der Waals surface area contributed by atoms with E-state index in [1.165, 1.54) is 23.0 Å². The van der Waals surface area contributed by atoms with Crippen molar-refractivity contribution in [3.63, 3.8) is 0 Å². The summed E-state index contributed by atoms with van der Waals surface area (Å²) in [6, 6.07) is 11.4. The largest absolute Gasteiger partial charge is 0.484 e. The van der Waals surface area contributed by atoms with Crippen molar-refractivity contribution < 1.29 is 27.5 Å². The zero-order valence-electron chi connectivity index (χ0n) is 18.4. The molecule has 1 saturated carbocycles. The molecule has 7 nitrogen and oxygen atoms in total. The van der Waals surface area contributed by atoms with E-state index in [2.05, 4.69) is 15.7 Å². The van der Waals surface area contributed by atoms with Crippen molar-refractivity contribution in [2.75, 3.05) is 18.5 Å². The molecule has 0 saturated heterocycles. The molecule has 1 aromatic heterocycles. The molecule has 34 heavy (non-hydrogen) atoms. The lowest BCUT2D eigenvalue weighted by molar-refractivity contribution is -0.137. The van der Waals surface area contributed by atoms with Gasteiger partial charge in [-0.2, -0.15) is 18.3 Å². The van der Waals surface area contributed by atoms with Crippen LogP contribution in [0.5, 0.6) is 5.75 Å². The summed E-state index contributed by atoms with van der Waals surface area (Å²) in [6.45, 7) is 2.22. The van der Waals surface area contributed by atoms with Gasteiger partial charge in [-0.15, -0.1) is 0 Å².